The van der Waals surface area contributed by atoms with Crippen LogP contribution in [-0.4, -0.2) is 426 Å². The van der Waals surface area contributed by atoms with Gasteiger partial charge in [-0.05, 0) is 0 Å². The van der Waals surface area contributed by atoms with Gasteiger partial charge in [-0.15, -0.1) is 0 Å². The number of nitrogens with zero attached hydrogens (tertiary/aromatic N) is 36. The molecule has 12 aromatic rings. The summed E-state index contributed by atoms with van der Waals surface area (Å²) in [7, 11) is 36.7. The number of benzene rings is 6. The quantitative estimate of drug-likeness (QED) is 0.0403. The normalized spacial score (nSPS) is 15.2. The molecule has 0 aliphatic heterocycles. The van der Waals surface area contributed by atoms with Crippen LogP contribution in [0.15, 0.2) is 146 Å². The molecule has 120 heavy (non-hydrogen) atoms. The molecule has 0 N–H and O–H groups in total. The summed E-state index contributed by atoms with van der Waals surface area (Å²) in [5.41, 5.74) is 8.21. The van der Waals surface area contributed by atoms with Gasteiger partial charge in [-0.2, -0.15) is 0 Å². The number of para-hydroxylation sites is 6. The molecule has 0 amide bonds. The van der Waals surface area contributed by atoms with E-state index in [9.17, 15) is 0 Å². The second-order valence-corrected chi connectivity index (χ2v) is 58.8. The fourth-order valence-electron chi connectivity index (χ4n) is 16.2. The second kappa shape index (κ2) is 35.7. The van der Waals surface area contributed by atoms with E-state index in [-0.39, 0.29) is 0 Å². The Bertz CT molecular complexity index is 4450. The Morgan fingerprint density at radius 1 is 0.158 bits per heavy atom. The maximum absolute atomic E-state index is 16.6. The molecule has 0 spiro atoms. The zero-order chi connectivity index (χ0) is 90.9. The molecule has 0 radical (unpaired) electrons. The Morgan fingerprint density at radius 2 is 0.242 bits per heavy atom. The van der Waals surface area contributed by atoms with E-state index in [4.69, 9.17) is 0 Å². The second-order valence-electron chi connectivity index (χ2n) is 32.1. The van der Waals surface area contributed by atoms with Crippen LogP contribution in [0.1, 0.15) is 0 Å². The Labute approximate surface area is 705 Å². The van der Waals surface area contributed by atoms with Gasteiger partial charge in [0.05, 0.1) is 0 Å². The van der Waals surface area contributed by atoms with Crippen molar-refractivity contribution in [1.82, 2.24) is 173 Å². The summed E-state index contributed by atoms with van der Waals surface area (Å²) in [6.07, 6.45) is 0. The molecular weight excluding hydrogens is 1670 g/mol. The van der Waals surface area contributed by atoms with E-state index in [0.717, 1.165) is 0 Å². The zero-order valence-electron chi connectivity index (χ0n) is 76.9. The SMILES string of the molecule is CN(C)P(F)(N(C)C)(N(C)C)n1nnc2ccccc21.CN(C)P(F)(N(C)C)(N(C)C)n1nnc2ccccc21.CN(C)P(F)(N(C)C)(N(C)C)n1nnc2ccccc21.CN(C)P(F)(N(C)C)(N(C)C)n1nnc2ccccc21.CN(C)P(F)(N(C)C)(N(C)C)n1nnc2ccccc21.CN(C)P(F)(N(C)C)(N(C)C)n1nnc2ccccc21. The van der Waals surface area contributed by atoms with Gasteiger partial charge in [0.15, 0.2) is 0 Å². The molecule has 12 rings (SSSR count). The topological polar surface area (TPSA) is 243 Å². The first-order valence-corrected chi connectivity index (χ1v) is 49.6. The fourth-order valence-corrected chi connectivity index (χ4v) is 39.4. The monoisotopic (exact) mass is 1800 g/mol. The Hall–Kier alpha value is -6.84. The van der Waals surface area contributed by atoms with Crippen molar-refractivity contribution in [2.24, 2.45) is 0 Å². The maximum atomic E-state index is 16.6. The molecule has 0 unspecified atom stereocenters. The van der Waals surface area contributed by atoms with Gasteiger partial charge in [0.25, 0.3) is 0 Å². The van der Waals surface area contributed by atoms with Crippen LogP contribution in [-0.2, 0) is 0 Å². The van der Waals surface area contributed by atoms with Crippen molar-refractivity contribution >= 4 is 111 Å². The standard InChI is InChI=1S/6C12H22FN6P/c6*1-16(2)20(13,17(3)4,18(5)6)19-12-10-8-7-9-11(12)14-15-19/h6*7-10H,1-6H3. The van der Waals surface area contributed by atoms with Crippen LogP contribution in [0.25, 0.3) is 66.2 Å². The number of hydrogen-bond donors (Lipinski definition) is 0. The van der Waals surface area contributed by atoms with Crippen LogP contribution in [0.5, 0.6) is 0 Å². The van der Waals surface area contributed by atoms with Crippen LogP contribution in [0.2, 0.25) is 0 Å². The van der Waals surface area contributed by atoms with Crippen molar-refractivity contribution < 1.29 is 25.2 Å². The fraction of sp³-hybridized carbons (Fsp3) is 0.500. The third-order valence-corrected chi connectivity index (χ3v) is 52.8. The summed E-state index contributed by atoms with van der Waals surface area (Å²) in [4.78, 5) is 0. The first-order chi connectivity index (χ1) is 55.5. The molecule has 0 saturated heterocycles. The van der Waals surface area contributed by atoms with E-state index in [0.29, 0.717) is 66.2 Å². The summed E-state index contributed by atoms with van der Waals surface area (Å²) in [5, 5.41) is 49.4. The van der Waals surface area contributed by atoms with Crippen LogP contribution >= 0.6 is 45.1 Å². The molecule has 0 saturated carbocycles. The third-order valence-electron chi connectivity index (χ3n) is 22.3. The molecule has 0 aliphatic rings. The average molecular weight is 1800 g/mol. The summed E-state index contributed by atoms with van der Waals surface area (Å²) in [6.45, 7) is 0. The van der Waals surface area contributed by atoms with Crippen molar-refractivity contribution in [1.29, 1.82) is 0 Å². The van der Waals surface area contributed by atoms with Crippen LogP contribution in [0.3, 0.4) is 0 Å². The van der Waals surface area contributed by atoms with E-state index < -0.39 is 45.1 Å². The molecular formula is C72H132F6N36P6. The van der Waals surface area contributed by atoms with Crippen molar-refractivity contribution in [3.05, 3.63) is 146 Å². The number of hydrogen-bond acceptors (Lipinski definition) is 30. The van der Waals surface area contributed by atoms with Crippen LogP contribution in [0, 0.1) is 0 Å². The first-order valence-electron chi connectivity index (χ1n) is 38.0. The van der Waals surface area contributed by atoms with Crippen molar-refractivity contribution in [2.45, 2.75) is 0 Å². The van der Waals surface area contributed by atoms with Gasteiger partial charge in [0.1, 0.15) is 0 Å². The van der Waals surface area contributed by atoms with Crippen molar-refractivity contribution in [3.63, 3.8) is 0 Å². The predicted molar refractivity (Wildman–Crippen MR) is 492 cm³/mol. The van der Waals surface area contributed by atoms with Crippen LogP contribution in [0.4, 0.5) is 25.2 Å². The average Bonchev–Trinajstić information content (AvgIpc) is 1.41. The number of halogens is 6. The molecule has 48 heteroatoms. The molecule has 6 aromatic carbocycles. The molecule has 0 atom stereocenters. The molecule has 36 nitrogen and oxygen atoms in total. The minimum absolute atomic E-state index is 0.684. The summed E-state index contributed by atoms with van der Waals surface area (Å²) >= 11 is 0. The van der Waals surface area contributed by atoms with Gasteiger partial charge in [0.2, 0.25) is 0 Å². The summed E-state index contributed by atoms with van der Waals surface area (Å²) < 4.78 is 137. The summed E-state index contributed by atoms with van der Waals surface area (Å²) in [5.74, 6) is 0. The number of aromatic nitrogens is 18. The number of rotatable bonds is 24. The van der Waals surface area contributed by atoms with Crippen molar-refractivity contribution in [2.75, 3.05) is 254 Å². The minimum atomic E-state index is -4.27. The molecule has 0 bridgehead atoms. The van der Waals surface area contributed by atoms with Gasteiger partial charge in [-0.1, -0.05) is 0 Å². The summed E-state index contributed by atoms with van der Waals surface area (Å²) in [6, 6.07) is 44.5. The molecule has 6 aromatic heterocycles. The van der Waals surface area contributed by atoms with E-state index in [2.05, 4.69) is 61.9 Å². The Balaban J connectivity index is 0.000000198. The van der Waals surface area contributed by atoms with E-state index in [1.54, 1.807) is 338 Å². The van der Waals surface area contributed by atoms with Crippen molar-refractivity contribution in [3.8, 4) is 0 Å². The first kappa shape index (κ1) is 100. The molecule has 0 fully saturated rings. The zero-order valence-corrected chi connectivity index (χ0v) is 82.3. The van der Waals surface area contributed by atoms with Gasteiger partial charge in [0, 0.05) is 0 Å². The van der Waals surface area contributed by atoms with Gasteiger partial charge < -0.3 is 0 Å². The van der Waals surface area contributed by atoms with Crippen LogP contribution < -0.4 is 0 Å². The van der Waals surface area contributed by atoms with Gasteiger partial charge in [-0.3, -0.25) is 0 Å². The van der Waals surface area contributed by atoms with E-state index in [1.807, 2.05) is 146 Å². The third kappa shape index (κ3) is 14.5. The molecule has 672 valence electrons. The van der Waals surface area contributed by atoms with Gasteiger partial charge >= 0.3 is 708 Å². The van der Waals surface area contributed by atoms with E-state index >= 15 is 25.2 Å². The molecule has 6 heterocycles. The Kier molecular flexibility index (Phi) is 29.8. The van der Waals surface area contributed by atoms with E-state index in [1.165, 1.54) is 26.7 Å². The molecule has 0 aliphatic carbocycles. The van der Waals surface area contributed by atoms with Gasteiger partial charge in [-0.25, -0.2) is 0 Å². The number of fused-ring (bicyclic) bond motifs is 6. The predicted octanol–water partition coefficient (Wildman–Crippen LogP) is 12.4. The Morgan fingerprint density at radius 3 is 0.325 bits per heavy atom.